The van der Waals surface area contributed by atoms with E-state index >= 15 is 0 Å². The molecule has 0 aliphatic carbocycles. The first kappa shape index (κ1) is 14.8. The van der Waals surface area contributed by atoms with E-state index < -0.39 is 0 Å². The molecule has 120 valence electrons. The molecule has 2 saturated heterocycles. The summed E-state index contributed by atoms with van der Waals surface area (Å²) in [5.74, 6) is 0.241. The van der Waals surface area contributed by atoms with Gasteiger partial charge in [-0.25, -0.2) is 0 Å². The molecule has 0 radical (unpaired) electrons. The number of amides is 1. The third-order valence-electron chi connectivity index (χ3n) is 5.25. The lowest BCUT2D eigenvalue weighted by Crippen LogP contribution is -2.47. The average Bonchev–Trinajstić information content (AvgIpc) is 3.25. The highest BCUT2D eigenvalue weighted by Crippen LogP contribution is 2.39. The smallest absolute Gasteiger partial charge is 0.242 e. The zero-order valence-corrected chi connectivity index (χ0v) is 14.3. The predicted octanol–water partition coefficient (Wildman–Crippen LogP) is 3.14. The number of thiophene rings is 1. The van der Waals surface area contributed by atoms with Crippen molar-refractivity contribution in [3.63, 3.8) is 0 Å². The minimum absolute atomic E-state index is 0.171. The van der Waals surface area contributed by atoms with Gasteiger partial charge in [0.25, 0.3) is 0 Å². The zero-order valence-electron chi connectivity index (χ0n) is 13.5. The van der Waals surface area contributed by atoms with Gasteiger partial charge in [-0.2, -0.15) is 11.3 Å². The second kappa shape index (κ2) is 5.42. The molecule has 2 aromatic heterocycles. The van der Waals surface area contributed by atoms with Crippen LogP contribution in [0.2, 0.25) is 0 Å². The number of carbonyl (C=O) groups is 1. The lowest BCUT2D eigenvalue weighted by atomic mass is 9.96. The number of nitrogens with one attached hydrogen (secondary N) is 1. The van der Waals surface area contributed by atoms with Gasteiger partial charge in [0.05, 0.1) is 11.7 Å². The first-order valence-electron chi connectivity index (χ1n) is 8.11. The fraction of sp³-hybridized carbons (Fsp3) is 0.444. The molecule has 1 amide bonds. The van der Waals surface area contributed by atoms with E-state index in [1.807, 2.05) is 18.1 Å². The molecular weight excluding hydrogens is 306 g/mol. The maximum atomic E-state index is 12.4. The van der Waals surface area contributed by atoms with Crippen molar-refractivity contribution < 1.29 is 4.79 Å². The SMILES string of the molecule is Cc1cscc1-c1ccnc([C@H]2CC[C@]3(CCN(C)C3=O)N2)c1. The van der Waals surface area contributed by atoms with Gasteiger partial charge >= 0.3 is 0 Å². The molecule has 2 aliphatic rings. The van der Waals surface area contributed by atoms with Gasteiger partial charge in [-0.15, -0.1) is 0 Å². The summed E-state index contributed by atoms with van der Waals surface area (Å²) in [5, 5.41) is 7.96. The summed E-state index contributed by atoms with van der Waals surface area (Å²) < 4.78 is 0. The summed E-state index contributed by atoms with van der Waals surface area (Å²) in [6.07, 6.45) is 4.67. The normalized spacial score (nSPS) is 27.3. The van der Waals surface area contributed by atoms with Crippen molar-refractivity contribution in [1.29, 1.82) is 0 Å². The first-order valence-corrected chi connectivity index (χ1v) is 9.06. The van der Waals surface area contributed by atoms with Crippen LogP contribution in [0.4, 0.5) is 0 Å². The van der Waals surface area contributed by atoms with Gasteiger partial charge in [0.15, 0.2) is 0 Å². The molecule has 0 saturated carbocycles. The number of pyridine rings is 1. The van der Waals surface area contributed by atoms with Crippen LogP contribution in [0.3, 0.4) is 0 Å². The molecule has 2 aromatic rings. The van der Waals surface area contributed by atoms with Gasteiger partial charge < -0.3 is 4.90 Å². The number of hydrogen-bond donors (Lipinski definition) is 1. The third-order valence-corrected chi connectivity index (χ3v) is 6.11. The molecule has 23 heavy (non-hydrogen) atoms. The van der Waals surface area contributed by atoms with Crippen LogP contribution >= 0.6 is 11.3 Å². The highest BCUT2D eigenvalue weighted by Gasteiger charge is 2.50. The number of likely N-dealkylation sites (tertiary alicyclic amines) is 1. The predicted molar refractivity (Wildman–Crippen MR) is 92.4 cm³/mol. The topological polar surface area (TPSA) is 45.2 Å². The van der Waals surface area contributed by atoms with Crippen LogP contribution in [-0.2, 0) is 4.79 Å². The second-order valence-electron chi connectivity index (χ2n) is 6.73. The van der Waals surface area contributed by atoms with Crippen LogP contribution < -0.4 is 5.32 Å². The number of hydrogen-bond acceptors (Lipinski definition) is 4. The standard InChI is InChI=1S/C18H21N3OS/c1-12-10-23-11-14(12)13-4-7-19-16(9-13)15-3-5-18(20-15)6-8-21(2)17(18)22/h4,7,9-11,15,20H,3,5-6,8H2,1-2H3/t15-,18-/m1/s1. The van der Waals surface area contributed by atoms with Crippen LogP contribution in [0.25, 0.3) is 11.1 Å². The quantitative estimate of drug-likeness (QED) is 0.921. The molecule has 0 aromatic carbocycles. The Hall–Kier alpha value is -1.72. The monoisotopic (exact) mass is 327 g/mol. The highest BCUT2D eigenvalue weighted by atomic mass is 32.1. The van der Waals surface area contributed by atoms with Gasteiger partial charge in [0, 0.05) is 19.8 Å². The van der Waals surface area contributed by atoms with Crippen molar-refractivity contribution in [3.8, 4) is 11.1 Å². The van der Waals surface area contributed by atoms with E-state index in [1.165, 1.54) is 16.7 Å². The zero-order chi connectivity index (χ0) is 16.0. The number of aryl methyl sites for hydroxylation is 1. The summed E-state index contributed by atoms with van der Waals surface area (Å²) in [6.45, 7) is 2.99. The van der Waals surface area contributed by atoms with E-state index in [-0.39, 0.29) is 17.5 Å². The molecule has 1 spiro atoms. The second-order valence-corrected chi connectivity index (χ2v) is 7.48. The summed E-state index contributed by atoms with van der Waals surface area (Å²) in [5.41, 5.74) is 4.49. The van der Waals surface area contributed by atoms with Crippen molar-refractivity contribution in [3.05, 3.63) is 40.3 Å². The first-order chi connectivity index (χ1) is 11.1. The summed E-state index contributed by atoms with van der Waals surface area (Å²) in [7, 11) is 1.89. The molecular formula is C18H21N3OS. The molecule has 2 atom stereocenters. The van der Waals surface area contributed by atoms with E-state index in [1.54, 1.807) is 11.3 Å². The molecule has 1 N–H and O–H groups in total. The Labute approximate surface area is 140 Å². The largest absolute Gasteiger partial charge is 0.344 e. The minimum atomic E-state index is -0.352. The lowest BCUT2D eigenvalue weighted by molar-refractivity contribution is -0.131. The average molecular weight is 327 g/mol. The van der Waals surface area contributed by atoms with E-state index in [4.69, 9.17) is 0 Å². The Morgan fingerprint density at radius 2 is 2.26 bits per heavy atom. The Balaban J connectivity index is 1.61. The summed E-state index contributed by atoms with van der Waals surface area (Å²) in [6, 6.07) is 4.41. The molecule has 0 unspecified atom stereocenters. The number of likely N-dealkylation sites (N-methyl/N-ethyl adjacent to an activating group) is 1. The van der Waals surface area contributed by atoms with Gasteiger partial charge in [0.2, 0.25) is 5.91 Å². The van der Waals surface area contributed by atoms with Crippen molar-refractivity contribution in [2.75, 3.05) is 13.6 Å². The van der Waals surface area contributed by atoms with Crippen molar-refractivity contribution in [2.45, 2.75) is 37.8 Å². The van der Waals surface area contributed by atoms with E-state index in [9.17, 15) is 4.79 Å². The molecule has 4 heterocycles. The van der Waals surface area contributed by atoms with Gasteiger partial charge in [-0.1, -0.05) is 0 Å². The fourth-order valence-electron chi connectivity index (χ4n) is 3.85. The Morgan fingerprint density at radius 1 is 1.39 bits per heavy atom. The molecule has 0 bridgehead atoms. The summed E-state index contributed by atoms with van der Waals surface area (Å²) in [4.78, 5) is 18.9. The van der Waals surface area contributed by atoms with Gasteiger partial charge in [-0.3, -0.25) is 15.1 Å². The Bertz CT molecular complexity index is 756. The van der Waals surface area contributed by atoms with Crippen molar-refractivity contribution >= 4 is 17.2 Å². The van der Waals surface area contributed by atoms with Gasteiger partial charge in [-0.05, 0) is 65.8 Å². The number of rotatable bonds is 2. The molecule has 2 aliphatic heterocycles. The Kier molecular flexibility index (Phi) is 3.50. The van der Waals surface area contributed by atoms with E-state index in [0.717, 1.165) is 31.5 Å². The maximum Gasteiger partial charge on any atom is 0.242 e. The lowest BCUT2D eigenvalue weighted by Gasteiger charge is -2.23. The van der Waals surface area contributed by atoms with Crippen LogP contribution in [-0.4, -0.2) is 34.9 Å². The highest BCUT2D eigenvalue weighted by molar-refractivity contribution is 7.08. The number of nitrogens with zero attached hydrogens (tertiary/aromatic N) is 2. The molecule has 4 nitrogen and oxygen atoms in total. The molecule has 5 heteroatoms. The van der Waals surface area contributed by atoms with E-state index in [2.05, 4.69) is 40.1 Å². The van der Waals surface area contributed by atoms with Crippen LogP contribution in [0, 0.1) is 6.92 Å². The van der Waals surface area contributed by atoms with Gasteiger partial charge in [0.1, 0.15) is 5.54 Å². The van der Waals surface area contributed by atoms with Crippen molar-refractivity contribution in [1.82, 2.24) is 15.2 Å². The Morgan fingerprint density at radius 3 is 2.96 bits per heavy atom. The van der Waals surface area contributed by atoms with Crippen LogP contribution in [0.5, 0.6) is 0 Å². The fourth-order valence-corrected chi connectivity index (χ4v) is 4.71. The maximum absolute atomic E-state index is 12.4. The van der Waals surface area contributed by atoms with Crippen LogP contribution in [0.15, 0.2) is 29.1 Å². The summed E-state index contributed by atoms with van der Waals surface area (Å²) >= 11 is 1.73. The minimum Gasteiger partial charge on any atom is -0.344 e. The molecule has 2 fully saturated rings. The number of carbonyl (C=O) groups excluding carboxylic acids is 1. The van der Waals surface area contributed by atoms with Crippen LogP contribution in [0.1, 0.15) is 36.6 Å². The van der Waals surface area contributed by atoms with Crippen molar-refractivity contribution in [2.24, 2.45) is 0 Å². The van der Waals surface area contributed by atoms with E-state index in [0.29, 0.717) is 0 Å². The molecule has 4 rings (SSSR count). The third kappa shape index (κ3) is 2.39. The number of aromatic nitrogens is 1.